The molecule has 4 rings (SSSR count). The molecule has 8 nitrogen and oxygen atoms in total. The summed E-state index contributed by atoms with van der Waals surface area (Å²) >= 11 is 18.0. The number of alkyl carbamates (subject to hydrolysis) is 1. The predicted molar refractivity (Wildman–Crippen MR) is 104 cm³/mol. The second-order valence-corrected chi connectivity index (χ2v) is 10.7. The molecule has 0 aromatic carbocycles. The van der Waals surface area contributed by atoms with E-state index >= 15 is 0 Å². The molecular weight excluding hydrogens is 449 g/mol. The number of carbonyl (C=O) groups excluding carboxylic acids is 1. The monoisotopic (exact) mass is 473 g/mol. The molecule has 0 radical (unpaired) electrons. The fourth-order valence-electron chi connectivity index (χ4n) is 4.29. The number of nitrogens with one attached hydrogen (secondary N) is 1. The van der Waals surface area contributed by atoms with Gasteiger partial charge in [0.1, 0.15) is 18.8 Å². The lowest BCUT2D eigenvalue weighted by Gasteiger charge is -2.42. The highest BCUT2D eigenvalue weighted by molar-refractivity contribution is 6.67. The van der Waals surface area contributed by atoms with Crippen molar-refractivity contribution in [2.45, 2.75) is 92.0 Å². The molecule has 11 heteroatoms. The van der Waals surface area contributed by atoms with Crippen molar-refractivity contribution in [3.8, 4) is 0 Å². The highest BCUT2D eigenvalue weighted by Gasteiger charge is 2.65. The first-order valence-corrected chi connectivity index (χ1v) is 11.0. The number of hydrogen-bond acceptors (Lipinski definition) is 7. The van der Waals surface area contributed by atoms with Crippen molar-refractivity contribution in [3.63, 3.8) is 0 Å². The summed E-state index contributed by atoms with van der Waals surface area (Å²) in [6, 6.07) is 0.116. The summed E-state index contributed by atoms with van der Waals surface area (Å²) in [5.41, 5.74) is 0. The van der Waals surface area contributed by atoms with Gasteiger partial charge in [0.05, 0.1) is 6.61 Å². The van der Waals surface area contributed by atoms with E-state index in [0.29, 0.717) is 0 Å². The molecule has 1 spiro atoms. The minimum Gasteiger partial charge on any atom is -0.441 e. The first-order valence-electron chi connectivity index (χ1n) is 9.91. The van der Waals surface area contributed by atoms with Crippen molar-refractivity contribution >= 4 is 40.9 Å². The zero-order valence-corrected chi connectivity index (χ0v) is 18.6. The van der Waals surface area contributed by atoms with E-state index < -0.39 is 46.1 Å². The Bertz CT molecular complexity index is 625. The molecule has 4 aliphatic rings. The minimum atomic E-state index is -1.83. The van der Waals surface area contributed by atoms with E-state index in [0.717, 1.165) is 25.7 Å². The van der Waals surface area contributed by atoms with Gasteiger partial charge in [-0.3, -0.25) is 0 Å². The predicted octanol–water partition coefficient (Wildman–Crippen LogP) is 3.40. The average molecular weight is 475 g/mol. The van der Waals surface area contributed by atoms with Crippen LogP contribution in [0.3, 0.4) is 0 Å². The van der Waals surface area contributed by atoms with E-state index in [1.165, 1.54) is 6.42 Å². The van der Waals surface area contributed by atoms with Gasteiger partial charge in [0, 0.05) is 6.04 Å². The van der Waals surface area contributed by atoms with E-state index in [1.807, 2.05) is 0 Å². The van der Waals surface area contributed by atoms with Crippen LogP contribution in [-0.4, -0.2) is 65.3 Å². The molecule has 1 aliphatic carbocycles. The third-order valence-corrected chi connectivity index (χ3v) is 6.17. The fraction of sp³-hybridized carbons (Fsp3) is 0.944. The van der Waals surface area contributed by atoms with Gasteiger partial charge in [-0.2, -0.15) is 0 Å². The molecule has 1 amide bonds. The lowest BCUT2D eigenvalue weighted by molar-refractivity contribution is -0.321. The lowest BCUT2D eigenvalue weighted by Crippen LogP contribution is -2.62. The maximum atomic E-state index is 12.4. The number of carbonyl (C=O) groups is 1. The molecule has 0 aromatic rings. The fourth-order valence-corrected chi connectivity index (χ4v) is 4.60. The van der Waals surface area contributed by atoms with Gasteiger partial charge in [0.25, 0.3) is 0 Å². The number of alkyl halides is 3. The molecule has 4 fully saturated rings. The molecular formula is C18H26Cl3NO7. The molecule has 1 unspecified atom stereocenters. The van der Waals surface area contributed by atoms with Gasteiger partial charge >= 0.3 is 6.09 Å². The molecule has 0 aromatic heterocycles. The Balaban J connectivity index is 1.46. The normalized spacial score (nSPS) is 40.0. The van der Waals surface area contributed by atoms with Crippen LogP contribution in [0.25, 0.3) is 0 Å². The van der Waals surface area contributed by atoms with E-state index in [-0.39, 0.29) is 19.3 Å². The Labute approximate surface area is 184 Å². The SMILES string of the molecule is CC1(C)OC[C@]2(OC[C@@H](OC(=O)NC3CCCCC3)[C@@H]3OC(C(Cl)(Cl)Cl)O[C@@H]32)O1. The maximum absolute atomic E-state index is 12.4. The zero-order valence-electron chi connectivity index (χ0n) is 16.3. The van der Waals surface area contributed by atoms with Crippen LogP contribution >= 0.6 is 34.8 Å². The van der Waals surface area contributed by atoms with E-state index in [1.54, 1.807) is 13.8 Å². The largest absolute Gasteiger partial charge is 0.441 e. The van der Waals surface area contributed by atoms with Crippen LogP contribution < -0.4 is 5.32 Å². The number of amides is 1. The number of hydrogen-bond donors (Lipinski definition) is 1. The Morgan fingerprint density at radius 1 is 1.10 bits per heavy atom. The van der Waals surface area contributed by atoms with Crippen molar-refractivity contribution in [1.82, 2.24) is 5.32 Å². The number of rotatable bonds is 2. The maximum Gasteiger partial charge on any atom is 0.407 e. The third-order valence-electron chi connectivity index (χ3n) is 5.63. The number of ether oxygens (including phenoxy) is 6. The van der Waals surface area contributed by atoms with Crippen molar-refractivity contribution in [3.05, 3.63) is 0 Å². The van der Waals surface area contributed by atoms with Crippen molar-refractivity contribution in [2.24, 2.45) is 0 Å². The van der Waals surface area contributed by atoms with Crippen LogP contribution in [0.2, 0.25) is 0 Å². The summed E-state index contributed by atoms with van der Waals surface area (Å²) in [7, 11) is 0. The standard InChI is InChI=1S/C18H26Cl3NO7/c1-16(2)25-9-17(29-16)13-12(27-14(28-13)18(19,20)21)11(8-24-17)26-15(23)22-10-6-4-3-5-7-10/h10-14H,3-9H2,1-2H3,(H,22,23)/t11-,12+,13+,14?,17+/m1/s1. The van der Waals surface area contributed by atoms with Gasteiger partial charge < -0.3 is 33.7 Å². The minimum absolute atomic E-state index is 0.0363. The number of fused-ring (bicyclic) bond motifs is 2. The molecule has 1 N–H and O–H groups in total. The van der Waals surface area contributed by atoms with Gasteiger partial charge in [-0.05, 0) is 26.7 Å². The van der Waals surface area contributed by atoms with Gasteiger partial charge in [-0.25, -0.2) is 4.79 Å². The summed E-state index contributed by atoms with van der Waals surface area (Å²) in [4.78, 5) is 12.4. The molecule has 0 bridgehead atoms. The second kappa shape index (κ2) is 8.13. The van der Waals surface area contributed by atoms with Crippen molar-refractivity contribution in [2.75, 3.05) is 13.2 Å². The van der Waals surface area contributed by atoms with Crippen LogP contribution in [0, 0.1) is 0 Å². The average Bonchev–Trinajstić information content (AvgIpc) is 3.22. The molecule has 5 atom stereocenters. The number of halogens is 3. The zero-order chi connectivity index (χ0) is 20.9. The molecule has 3 aliphatic heterocycles. The lowest BCUT2D eigenvalue weighted by atomic mass is 9.96. The first kappa shape index (κ1) is 22.1. The summed E-state index contributed by atoms with van der Waals surface area (Å²) in [6.45, 7) is 3.68. The molecule has 166 valence electrons. The Morgan fingerprint density at radius 3 is 2.45 bits per heavy atom. The summed E-state index contributed by atoms with van der Waals surface area (Å²) < 4.78 is 33.1. The summed E-state index contributed by atoms with van der Waals surface area (Å²) in [5, 5.41) is 2.91. The van der Waals surface area contributed by atoms with Gasteiger partial charge in [-0.1, -0.05) is 54.1 Å². The van der Waals surface area contributed by atoms with Gasteiger partial charge in [0.2, 0.25) is 15.9 Å². The van der Waals surface area contributed by atoms with Crippen LogP contribution in [0.4, 0.5) is 4.79 Å². The molecule has 3 saturated heterocycles. The van der Waals surface area contributed by atoms with Gasteiger partial charge in [0.15, 0.2) is 11.9 Å². The van der Waals surface area contributed by atoms with E-state index in [4.69, 9.17) is 63.2 Å². The molecule has 3 heterocycles. The topological polar surface area (TPSA) is 84.5 Å². The van der Waals surface area contributed by atoms with Crippen LogP contribution in [0.5, 0.6) is 0 Å². The first-order chi connectivity index (χ1) is 13.6. The second-order valence-electron chi connectivity index (χ2n) is 8.37. The van der Waals surface area contributed by atoms with Crippen LogP contribution in [0.1, 0.15) is 46.0 Å². The van der Waals surface area contributed by atoms with E-state index in [2.05, 4.69) is 5.32 Å². The Morgan fingerprint density at radius 2 is 1.83 bits per heavy atom. The summed E-state index contributed by atoms with van der Waals surface area (Å²) in [6.07, 6.45) is 1.30. The smallest absolute Gasteiger partial charge is 0.407 e. The quantitative estimate of drug-likeness (QED) is 0.614. The van der Waals surface area contributed by atoms with Crippen molar-refractivity contribution in [1.29, 1.82) is 0 Å². The van der Waals surface area contributed by atoms with Gasteiger partial charge in [-0.15, -0.1) is 0 Å². The third kappa shape index (κ3) is 4.75. The highest BCUT2D eigenvalue weighted by Crippen LogP contribution is 2.48. The Hall–Kier alpha value is -0.0600. The molecule has 1 saturated carbocycles. The Kier molecular flexibility index (Phi) is 6.21. The molecule has 29 heavy (non-hydrogen) atoms. The van der Waals surface area contributed by atoms with Crippen molar-refractivity contribution < 1.29 is 33.2 Å². The van der Waals surface area contributed by atoms with E-state index in [9.17, 15) is 4.79 Å². The summed E-state index contributed by atoms with van der Waals surface area (Å²) in [5.74, 6) is -2.11. The van der Waals surface area contributed by atoms with Crippen LogP contribution in [0.15, 0.2) is 0 Å². The van der Waals surface area contributed by atoms with Crippen LogP contribution in [-0.2, 0) is 28.4 Å². The highest BCUT2D eigenvalue weighted by atomic mass is 35.6.